The molecule has 0 bridgehead atoms. The van der Waals surface area contributed by atoms with Gasteiger partial charge in [-0.25, -0.2) is 4.98 Å². The quantitative estimate of drug-likeness (QED) is 0.799. The SMILES string of the molecule is COc1ccc(C)cc1-c1c(N)noc1-c1cnc(C)s1. The molecule has 21 heavy (non-hydrogen) atoms. The highest BCUT2D eigenvalue weighted by Crippen LogP contribution is 2.42. The minimum Gasteiger partial charge on any atom is -0.496 e. The summed E-state index contributed by atoms with van der Waals surface area (Å²) in [6.45, 7) is 3.96. The Hall–Kier alpha value is -2.34. The Morgan fingerprint density at radius 2 is 2.10 bits per heavy atom. The number of aryl methyl sites for hydroxylation is 2. The minimum absolute atomic E-state index is 0.347. The fraction of sp³-hybridized carbons (Fsp3) is 0.200. The van der Waals surface area contributed by atoms with E-state index in [1.807, 2.05) is 32.0 Å². The first kappa shape index (κ1) is 13.6. The van der Waals surface area contributed by atoms with E-state index in [0.717, 1.165) is 32.3 Å². The number of hydrogen-bond donors (Lipinski definition) is 1. The Balaban J connectivity index is 2.24. The number of ether oxygens (including phenoxy) is 1. The summed E-state index contributed by atoms with van der Waals surface area (Å²) in [4.78, 5) is 5.15. The van der Waals surface area contributed by atoms with Crippen molar-refractivity contribution in [2.24, 2.45) is 0 Å². The first-order valence-electron chi connectivity index (χ1n) is 6.43. The van der Waals surface area contributed by atoms with Crippen LogP contribution < -0.4 is 10.5 Å². The van der Waals surface area contributed by atoms with Crippen molar-refractivity contribution in [3.8, 4) is 27.5 Å². The molecular weight excluding hydrogens is 286 g/mol. The van der Waals surface area contributed by atoms with Crippen LogP contribution in [0.3, 0.4) is 0 Å². The molecule has 0 saturated carbocycles. The summed E-state index contributed by atoms with van der Waals surface area (Å²) in [6, 6.07) is 5.92. The molecule has 0 unspecified atom stereocenters. The van der Waals surface area contributed by atoms with Crippen molar-refractivity contribution in [3.05, 3.63) is 35.0 Å². The van der Waals surface area contributed by atoms with Crippen LogP contribution in [0.5, 0.6) is 5.75 Å². The van der Waals surface area contributed by atoms with E-state index in [-0.39, 0.29) is 0 Å². The molecule has 0 aliphatic carbocycles. The average molecular weight is 301 g/mol. The third kappa shape index (κ3) is 2.38. The van der Waals surface area contributed by atoms with Gasteiger partial charge in [0.25, 0.3) is 0 Å². The molecule has 0 aliphatic heterocycles. The second-order valence-corrected chi connectivity index (χ2v) is 5.95. The zero-order valence-corrected chi connectivity index (χ0v) is 12.8. The molecule has 0 spiro atoms. The maximum Gasteiger partial charge on any atom is 0.188 e. The second kappa shape index (κ2) is 5.21. The van der Waals surface area contributed by atoms with Gasteiger partial charge in [-0.15, -0.1) is 11.3 Å². The number of rotatable bonds is 3. The molecule has 0 radical (unpaired) electrons. The van der Waals surface area contributed by atoms with Gasteiger partial charge in [0, 0.05) is 11.8 Å². The summed E-state index contributed by atoms with van der Waals surface area (Å²) in [5.41, 5.74) is 8.75. The second-order valence-electron chi connectivity index (χ2n) is 4.72. The topological polar surface area (TPSA) is 74.2 Å². The summed E-state index contributed by atoms with van der Waals surface area (Å²) in [5, 5.41) is 4.87. The molecule has 2 aromatic heterocycles. The molecule has 0 aliphatic rings. The molecule has 0 amide bonds. The molecule has 2 heterocycles. The lowest BCUT2D eigenvalue weighted by Crippen LogP contribution is -1.93. The van der Waals surface area contributed by atoms with Crippen LogP contribution in [0.4, 0.5) is 5.82 Å². The first-order chi connectivity index (χ1) is 10.1. The number of aromatic nitrogens is 2. The Morgan fingerprint density at radius 1 is 1.29 bits per heavy atom. The summed E-state index contributed by atoms with van der Waals surface area (Å²) in [5.74, 6) is 1.71. The number of nitrogens with two attached hydrogens (primary N) is 1. The van der Waals surface area contributed by atoms with Gasteiger partial charge in [0.1, 0.15) is 5.75 Å². The molecule has 0 saturated heterocycles. The van der Waals surface area contributed by atoms with Crippen LogP contribution >= 0.6 is 11.3 Å². The molecule has 6 heteroatoms. The lowest BCUT2D eigenvalue weighted by molar-refractivity contribution is 0.416. The molecule has 0 fully saturated rings. The minimum atomic E-state index is 0.347. The predicted octanol–water partition coefficient (Wildman–Crippen LogP) is 3.67. The zero-order chi connectivity index (χ0) is 15.0. The maximum atomic E-state index is 6.02. The summed E-state index contributed by atoms with van der Waals surface area (Å²) in [7, 11) is 1.63. The smallest absolute Gasteiger partial charge is 0.188 e. The van der Waals surface area contributed by atoms with E-state index in [2.05, 4.69) is 10.1 Å². The number of hydrogen-bond acceptors (Lipinski definition) is 6. The molecule has 5 nitrogen and oxygen atoms in total. The van der Waals surface area contributed by atoms with Gasteiger partial charge in [0.15, 0.2) is 11.6 Å². The van der Waals surface area contributed by atoms with Gasteiger partial charge in [0.05, 0.1) is 22.6 Å². The maximum absolute atomic E-state index is 6.02. The number of anilines is 1. The molecule has 1 aromatic carbocycles. The summed E-state index contributed by atoms with van der Waals surface area (Å²) >= 11 is 1.54. The van der Waals surface area contributed by atoms with Crippen LogP contribution in [0.15, 0.2) is 28.9 Å². The van der Waals surface area contributed by atoms with E-state index in [4.69, 9.17) is 15.0 Å². The third-order valence-corrected chi connectivity index (χ3v) is 4.10. The Kier molecular flexibility index (Phi) is 3.39. The van der Waals surface area contributed by atoms with E-state index < -0.39 is 0 Å². The highest BCUT2D eigenvalue weighted by Gasteiger charge is 2.22. The zero-order valence-electron chi connectivity index (χ0n) is 12.0. The highest BCUT2D eigenvalue weighted by atomic mass is 32.1. The monoisotopic (exact) mass is 301 g/mol. The van der Waals surface area contributed by atoms with Crippen LogP contribution in [0.1, 0.15) is 10.6 Å². The summed E-state index contributed by atoms with van der Waals surface area (Å²) in [6.07, 6.45) is 1.77. The largest absolute Gasteiger partial charge is 0.496 e. The van der Waals surface area contributed by atoms with Gasteiger partial charge in [-0.2, -0.15) is 0 Å². The van der Waals surface area contributed by atoms with Gasteiger partial charge in [-0.3, -0.25) is 0 Å². The average Bonchev–Trinajstić information content (AvgIpc) is 3.04. The van der Waals surface area contributed by atoms with Crippen molar-refractivity contribution in [1.82, 2.24) is 10.1 Å². The van der Waals surface area contributed by atoms with E-state index >= 15 is 0 Å². The van der Waals surface area contributed by atoms with E-state index in [9.17, 15) is 0 Å². The summed E-state index contributed by atoms with van der Waals surface area (Å²) < 4.78 is 10.9. The molecule has 3 rings (SSSR count). The Morgan fingerprint density at radius 3 is 2.76 bits per heavy atom. The fourth-order valence-electron chi connectivity index (χ4n) is 2.21. The van der Waals surface area contributed by atoms with E-state index in [1.54, 1.807) is 13.3 Å². The van der Waals surface area contributed by atoms with Crippen molar-refractivity contribution < 1.29 is 9.26 Å². The number of benzene rings is 1. The number of nitrogens with zero attached hydrogens (tertiary/aromatic N) is 2. The van der Waals surface area contributed by atoms with Gasteiger partial charge in [-0.1, -0.05) is 16.8 Å². The third-order valence-electron chi connectivity index (χ3n) is 3.19. The number of thiazole rings is 1. The van der Waals surface area contributed by atoms with Crippen molar-refractivity contribution >= 4 is 17.2 Å². The predicted molar refractivity (Wildman–Crippen MR) is 83.5 cm³/mol. The van der Waals surface area contributed by atoms with Crippen LogP contribution in [0.2, 0.25) is 0 Å². The molecule has 2 N–H and O–H groups in total. The fourth-order valence-corrected chi connectivity index (χ4v) is 2.98. The molecule has 0 atom stereocenters. The Labute approximate surface area is 126 Å². The lowest BCUT2D eigenvalue weighted by atomic mass is 10.0. The van der Waals surface area contributed by atoms with Crippen molar-refractivity contribution in [2.45, 2.75) is 13.8 Å². The van der Waals surface area contributed by atoms with Crippen LogP contribution in [0.25, 0.3) is 21.8 Å². The number of methoxy groups -OCH3 is 1. The first-order valence-corrected chi connectivity index (χ1v) is 7.24. The van der Waals surface area contributed by atoms with Crippen LogP contribution in [-0.2, 0) is 0 Å². The normalized spacial score (nSPS) is 10.8. The van der Waals surface area contributed by atoms with Crippen molar-refractivity contribution in [3.63, 3.8) is 0 Å². The highest BCUT2D eigenvalue weighted by molar-refractivity contribution is 7.15. The number of nitrogen functional groups attached to an aromatic ring is 1. The standard InChI is InChI=1S/C15H15N3O2S/c1-8-4-5-11(19-3)10(6-8)13-14(20-18-15(13)16)12-7-17-9(2)21-12/h4-7H,1-3H3,(H2,16,18). The molecular formula is C15H15N3O2S. The molecule has 108 valence electrons. The van der Waals surface area contributed by atoms with Crippen molar-refractivity contribution in [1.29, 1.82) is 0 Å². The van der Waals surface area contributed by atoms with Gasteiger partial charge in [-0.05, 0) is 26.0 Å². The van der Waals surface area contributed by atoms with Gasteiger partial charge in [0.2, 0.25) is 0 Å². The molecule has 3 aromatic rings. The van der Waals surface area contributed by atoms with Gasteiger partial charge >= 0.3 is 0 Å². The van der Waals surface area contributed by atoms with Crippen molar-refractivity contribution in [2.75, 3.05) is 12.8 Å². The van der Waals surface area contributed by atoms with E-state index in [0.29, 0.717) is 11.6 Å². The van der Waals surface area contributed by atoms with E-state index in [1.165, 1.54) is 11.3 Å². The van der Waals surface area contributed by atoms with Crippen LogP contribution in [0, 0.1) is 13.8 Å². The lowest BCUT2D eigenvalue weighted by Gasteiger charge is -2.09. The van der Waals surface area contributed by atoms with Gasteiger partial charge < -0.3 is 15.0 Å². The Bertz CT molecular complexity index is 792. The van der Waals surface area contributed by atoms with Crippen LogP contribution in [-0.4, -0.2) is 17.3 Å².